The molecule has 0 bridgehead atoms. The molecule has 1 fully saturated rings. The van der Waals surface area contributed by atoms with Crippen molar-refractivity contribution < 1.29 is 4.79 Å². The molecule has 0 aliphatic carbocycles. The van der Waals surface area contributed by atoms with E-state index in [9.17, 15) is 4.79 Å². The van der Waals surface area contributed by atoms with Crippen molar-refractivity contribution in [1.82, 2.24) is 4.90 Å². The molecule has 3 heteroatoms. The standard InChI is InChI=1S/C11H22N2O/c1-4-11(3,12)10(14)13-8-6-5-7-9(13)2/h9H,4-8,12H2,1-3H3. The van der Waals surface area contributed by atoms with Gasteiger partial charge >= 0.3 is 0 Å². The Morgan fingerprint density at radius 1 is 1.57 bits per heavy atom. The zero-order chi connectivity index (χ0) is 10.8. The van der Waals surface area contributed by atoms with E-state index < -0.39 is 5.54 Å². The third-order valence-corrected chi connectivity index (χ3v) is 3.29. The van der Waals surface area contributed by atoms with E-state index in [0.29, 0.717) is 12.5 Å². The van der Waals surface area contributed by atoms with E-state index in [1.807, 2.05) is 18.7 Å². The largest absolute Gasteiger partial charge is 0.338 e. The van der Waals surface area contributed by atoms with Gasteiger partial charge in [-0.15, -0.1) is 0 Å². The summed E-state index contributed by atoms with van der Waals surface area (Å²) in [6.45, 7) is 6.79. The summed E-state index contributed by atoms with van der Waals surface area (Å²) in [7, 11) is 0. The van der Waals surface area contributed by atoms with E-state index in [1.54, 1.807) is 0 Å². The SMILES string of the molecule is CCC(C)(N)C(=O)N1CCCCC1C. The molecular formula is C11H22N2O. The van der Waals surface area contributed by atoms with Gasteiger partial charge in [-0.3, -0.25) is 4.79 Å². The van der Waals surface area contributed by atoms with E-state index in [0.717, 1.165) is 19.4 Å². The van der Waals surface area contributed by atoms with Crippen molar-refractivity contribution in [3.05, 3.63) is 0 Å². The molecule has 0 aromatic carbocycles. The van der Waals surface area contributed by atoms with Crippen molar-refractivity contribution in [3.63, 3.8) is 0 Å². The first-order chi connectivity index (χ1) is 6.49. The second-order valence-corrected chi connectivity index (χ2v) is 4.61. The smallest absolute Gasteiger partial charge is 0.242 e. The lowest BCUT2D eigenvalue weighted by atomic mass is 9.95. The highest BCUT2D eigenvalue weighted by molar-refractivity contribution is 5.85. The third kappa shape index (κ3) is 2.27. The zero-order valence-corrected chi connectivity index (χ0v) is 9.55. The number of carbonyl (C=O) groups is 1. The van der Waals surface area contributed by atoms with E-state index in [4.69, 9.17) is 5.73 Å². The molecule has 1 saturated heterocycles. The van der Waals surface area contributed by atoms with Crippen LogP contribution in [0.1, 0.15) is 46.5 Å². The molecule has 1 aliphatic heterocycles. The molecule has 1 amide bonds. The van der Waals surface area contributed by atoms with Gasteiger partial charge in [-0.2, -0.15) is 0 Å². The van der Waals surface area contributed by atoms with Crippen molar-refractivity contribution in [1.29, 1.82) is 0 Å². The summed E-state index contributed by atoms with van der Waals surface area (Å²) >= 11 is 0. The van der Waals surface area contributed by atoms with Crippen molar-refractivity contribution in [2.75, 3.05) is 6.54 Å². The van der Waals surface area contributed by atoms with E-state index >= 15 is 0 Å². The number of piperidine rings is 1. The van der Waals surface area contributed by atoms with Crippen LogP contribution in [0.25, 0.3) is 0 Å². The van der Waals surface area contributed by atoms with Gasteiger partial charge in [0.05, 0.1) is 5.54 Å². The van der Waals surface area contributed by atoms with Crippen LogP contribution >= 0.6 is 0 Å². The molecule has 0 radical (unpaired) electrons. The second-order valence-electron chi connectivity index (χ2n) is 4.61. The topological polar surface area (TPSA) is 46.3 Å². The molecule has 0 aromatic heterocycles. The van der Waals surface area contributed by atoms with Gasteiger partial charge in [-0.1, -0.05) is 6.92 Å². The maximum atomic E-state index is 12.1. The number of rotatable bonds is 2. The second kappa shape index (κ2) is 4.30. The molecule has 1 aliphatic rings. The molecule has 2 N–H and O–H groups in total. The van der Waals surface area contributed by atoms with Crippen LogP contribution in [0.15, 0.2) is 0 Å². The van der Waals surface area contributed by atoms with E-state index in [2.05, 4.69) is 6.92 Å². The number of nitrogens with two attached hydrogens (primary N) is 1. The molecule has 2 unspecified atom stereocenters. The van der Waals surface area contributed by atoms with Crippen molar-refractivity contribution >= 4 is 5.91 Å². The molecule has 0 spiro atoms. The van der Waals surface area contributed by atoms with Crippen LogP contribution in [0.2, 0.25) is 0 Å². The minimum atomic E-state index is -0.675. The molecule has 82 valence electrons. The number of hydrogen-bond donors (Lipinski definition) is 1. The van der Waals surface area contributed by atoms with E-state index in [1.165, 1.54) is 6.42 Å². The van der Waals surface area contributed by atoms with Gasteiger partial charge in [-0.25, -0.2) is 0 Å². The zero-order valence-electron chi connectivity index (χ0n) is 9.55. The normalized spacial score (nSPS) is 27.1. The average Bonchev–Trinajstić information content (AvgIpc) is 2.17. The molecule has 0 aromatic rings. The summed E-state index contributed by atoms with van der Waals surface area (Å²) in [5, 5.41) is 0. The Labute approximate surface area is 86.6 Å². The lowest BCUT2D eigenvalue weighted by molar-refractivity contribution is -0.139. The summed E-state index contributed by atoms with van der Waals surface area (Å²) in [5.41, 5.74) is 5.29. The number of hydrogen-bond acceptors (Lipinski definition) is 2. The Hall–Kier alpha value is -0.570. The van der Waals surface area contributed by atoms with Crippen LogP contribution in [0.3, 0.4) is 0 Å². The van der Waals surface area contributed by atoms with Gasteiger partial charge in [0.25, 0.3) is 0 Å². The Morgan fingerprint density at radius 3 is 2.71 bits per heavy atom. The first-order valence-corrected chi connectivity index (χ1v) is 5.59. The lowest BCUT2D eigenvalue weighted by Crippen LogP contribution is -2.56. The molecule has 0 saturated carbocycles. The van der Waals surface area contributed by atoms with Crippen LogP contribution in [0, 0.1) is 0 Å². The number of carbonyl (C=O) groups excluding carboxylic acids is 1. The fourth-order valence-corrected chi connectivity index (χ4v) is 1.88. The molecule has 1 heterocycles. The highest BCUT2D eigenvalue weighted by Crippen LogP contribution is 2.20. The Balaban J connectivity index is 2.67. The van der Waals surface area contributed by atoms with Crippen LogP contribution < -0.4 is 5.73 Å². The quantitative estimate of drug-likeness (QED) is 0.731. The molecule has 14 heavy (non-hydrogen) atoms. The maximum absolute atomic E-state index is 12.1. The van der Waals surface area contributed by atoms with Crippen LogP contribution in [0.4, 0.5) is 0 Å². The van der Waals surface area contributed by atoms with Gasteiger partial charge in [-0.05, 0) is 39.5 Å². The summed E-state index contributed by atoms with van der Waals surface area (Å²) < 4.78 is 0. The number of nitrogens with zero attached hydrogens (tertiary/aromatic N) is 1. The summed E-state index contributed by atoms with van der Waals surface area (Å²) in [6.07, 6.45) is 4.18. The van der Waals surface area contributed by atoms with Gasteiger partial charge < -0.3 is 10.6 Å². The van der Waals surface area contributed by atoms with Crippen LogP contribution in [-0.4, -0.2) is 28.9 Å². The lowest BCUT2D eigenvalue weighted by Gasteiger charge is -2.38. The van der Waals surface area contributed by atoms with Crippen LogP contribution in [-0.2, 0) is 4.79 Å². The maximum Gasteiger partial charge on any atom is 0.242 e. The Morgan fingerprint density at radius 2 is 2.21 bits per heavy atom. The van der Waals surface area contributed by atoms with E-state index in [-0.39, 0.29) is 5.91 Å². The first kappa shape index (κ1) is 11.5. The van der Waals surface area contributed by atoms with Crippen molar-refractivity contribution in [2.45, 2.75) is 58.0 Å². The highest BCUT2D eigenvalue weighted by Gasteiger charge is 2.34. The predicted molar refractivity (Wildman–Crippen MR) is 57.9 cm³/mol. The molecule has 1 rings (SSSR count). The highest BCUT2D eigenvalue weighted by atomic mass is 16.2. The molecule has 3 nitrogen and oxygen atoms in total. The molecule has 2 atom stereocenters. The number of amides is 1. The Bertz CT molecular complexity index is 213. The fraction of sp³-hybridized carbons (Fsp3) is 0.909. The summed E-state index contributed by atoms with van der Waals surface area (Å²) in [5.74, 6) is 0.118. The minimum Gasteiger partial charge on any atom is -0.338 e. The van der Waals surface area contributed by atoms with Crippen molar-refractivity contribution in [2.24, 2.45) is 5.73 Å². The van der Waals surface area contributed by atoms with Gasteiger partial charge in [0.1, 0.15) is 0 Å². The molecular weight excluding hydrogens is 176 g/mol. The fourth-order valence-electron chi connectivity index (χ4n) is 1.88. The third-order valence-electron chi connectivity index (χ3n) is 3.29. The van der Waals surface area contributed by atoms with Crippen molar-refractivity contribution in [3.8, 4) is 0 Å². The van der Waals surface area contributed by atoms with Gasteiger partial charge in [0.15, 0.2) is 0 Å². The predicted octanol–water partition coefficient (Wildman–Crippen LogP) is 1.51. The summed E-state index contributed by atoms with van der Waals surface area (Å²) in [6, 6.07) is 0.366. The summed E-state index contributed by atoms with van der Waals surface area (Å²) in [4.78, 5) is 14.0. The first-order valence-electron chi connectivity index (χ1n) is 5.59. The van der Waals surface area contributed by atoms with Gasteiger partial charge in [0.2, 0.25) is 5.91 Å². The monoisotopic (exact) mass is 198 g/mol. The minimum absolute atomic E-state index is 0.118. The average molecular weight is 198 g/mol. The van der Waals surface area contributed by atoms with Gasteiger partial charge in [0, 0.05) is 12.6 Å². The Kier molecular flexibility index (Phi) is 3.53. The van der Waals surface area contributed by atoms with Crippen LogP contribution in [0.5, 0.6) is 0 Å². The number of likely N-dealkylation sites (tertiary alicyclic amines) is 1.